The van der Waals surface area contributed by atoms with Crippen molar-refractivity contribution in [2.24, 2.45) is 5.92 Å². The van der Waals surface area contributed by atoms with Crippen LogP contribution in [-0.2, 0) is 0 Å². The number of piperidine rings is 1. The number of anilines is 1. The second-order valence-corrected chi connectivity index (χ2v) is 7.09. The van der Waals surface area contributed by atoms with Crippen LogP contribution in [0.25, 0.3) is 5.65 Å². The first-order valence-electron chi connectivity index (χ1n) is 9.09. The predicted molar refractivity (Wildman–Crippen MR) is 96.4 cm³/mol. The molecule has 1 aliphatic heterocycles. The lowest BCUT2D eigenvalue weighted by Gasteiger charge is -2.31. The first-order valence-corrected chi connectivity index (χ1v) is 9.09. The van der Waals surface area contributed by atoms with Gasteiger partial charge in [-0.15, -0.1) is 0 Å². The van der Waals surface area contributed by atoms with Gasteiger partial charge in [0.15, 0.2) is 5.65 Å². The molecule has 0 saturated carbocycles. The summed E-state index contributed by atoms with van der Waals surface area (Å²) in [5, 5.41) is 17.2. The van der Waals surface area contributed by atoms with E-state index in [2.05, 4.69) is 40.2 Å². The molecule has 0 aliphatic carbocycles. The van der Waals surface area contributed by atoms with E-state index in [4.69, 9.17) is 0 Å². The van der Waals surface area contributed by atoms with Crippen molar-refractivity contribution in [2.45, 2.75) is 39.0 Å². The Morgan fingerprint density at radius 2 is 2.29 bits per heavy atom. The Balaban J connectivity index is 1.55. The van der Waals surface area contributed by atoms with Gasteiger partial charge < -0.3 is 15.3 Å². The van der Waals surface area contributed by atoms with E-state index >= 15 is 0 Å². The van der Waals surface area contributed by atoms with Gasteiger partial charge in [-0.2, -0.15) is 9.61 Å². The largest absolute Gasteiger partial charge is 0.396 e. The number of aliphatic hydroxyl groups excluding tert-OH is 1. The SMILES string of the molecule is CC(C)c1cc(NCCCN2CCC[C@@H](CO)C2)n2nccc2n1. The van der Waals surface area contributed by atoms with Crippen LogP contribution in [0.2, 0.25) is 0 Å². The smallest absolute Gasteiger partial charge is 0.157 e. The lowest BCUT2D eigenvalue weighted by atomic mass is 9.99. The second kappa shape index (κ2) is 7.94. The van der Waals surface area contributed by atoms with Crippen LogP contribution in [0.5, 0.6) is 0 Å². The lowest BCUT2D eigenvalue weighted by Crippen LogP contribution is -2.37. The Labute approximate surface area is 143 Å². The molecule has 1 atom stereocenters. The lowest BCUT2D eigenvalue weighted by molar-refractivity contribution is 0.120. The molecule has 3 rings (SSSR count). The van der Waals surface area contributed by atoms with Gasteiger partial charge in [0.25, 0.3) is 0 Å². The highest BCUT2D eigenvalue weighted by atomic mass is 16.3. The molecule has 6 heteroatoms. The number of hydrogen-bond donors (Lipinski definition) is 2. The Hall–Kier alpha value is -1.66. The third-order valence-corrected chi connectivity index (χ3v) is 4.79. The van der Waals surface area contributed by atoms with Crippen molar-refractivity contribution < 1.29 is 5.11 Å². The zero-order chi connectivity index (χ0) is 16.9. The van der Waals surface area contributed by atoms with Crippen molar-refractivity contribution in [3.63, 3.8) is 0 Å². The molecule has 2 aromatic rings. The molecule has 1 saturated heterocycles. The summed E-state index contributed by atoms with van der Waals surface area (Å²) in [4.78, 5) is 7.12. The van der Waals surface area contributed by atoms with Crippen LogP contribution in [0.3, 0.4) is 0 Å². The average Bonchev–Trinajstić information content (AvgIpc) is 3.07. The quantitative estimate of drug-likeness (QED) is 0.763. The van der Waals surface area contributed by atoms with E-state index in [0.29, 0.717) is 18.4 Å². The van der Waals surface area contributed by atoms with Gasteiger partial charge in [-0.25, -0.2) is 4.98 Å². The van der Waals surface area contributed by atoms with E-state index < -0.39 is 0 Å². The van der Waals surface area contributed by atoms with E-state index in [1.807, 2.05) is 10.6 Å². The monoisotopic (exact) mass is 331 g/mol. The van der Waals surface area contributed by atoms with E-state index in [-0.39, 0.29) is 0 Å². The van der Waals surface area contributed by atoms with Crippen LogP contribution in [-0.4, -0.2) is 57.4 Å². The van der Waals surface area contributed by atoms with Crippen molar-refractivity contribution in [3.8, 4) is 0 Å². The van der Waals surface area contributed by atoms with Crippen LogP contribution in [0.4, 0.5) is 5.82 Å². The van der Waals surface area contributed by atoms with Crippen LogP contribution in [0.15, 0.2) is 18.3 Å². The van der Waals surface area contributed by atoms with Crippen LogP contribution in [0, 0.1) is 5.92 Å². The van der Waals surface area contributed by atoms with E-state index in [1.54, 1.807) is 6.20 Å². The normalized spacial score (nSPS) is 19.2. The molecular formula is C18H29N5O. The van der Waals surface area contributed by atoms with Crippen molar-refractivity contribution in [3.05, 3.63) is 24.0 Å². The minimum Gasteiger partial charge on any atom is -0.396 e. The van der Waals surface area contributed by atoms with E-state index in [9.17, 15) is 5.11 Å². The van der Waals surface area contributed by atoms with Crippen LogP contribution < -0.4 is 5.32 Å². The summed E-state index contributed by atoms with van der Waals surface area (Å²) in [7, 11) is 0. The molecule has 3 heterocycles. The summed E-state index contributed by atoms with van der Waals surface area (Å²) in [5.41, 5.74) is 1.98. The van der Waals surface area contributed by atoms with Crippen molar-refractivity contribution >= 4 is 11.5 Å². The van der Waals surface area contributed by atoms with Gasteiger partial charge in [0.1, 0.15) is 5.82 Å². The van der Waals surface area contributed by atoms with Gasteiger partial charge in [-0.3, -0.25) is 0 Å². The molecule has 0 aromatic carbocycles. The molecule has 0 spiro atoms. The second-order valence-electron chi connectivity index (χ2n) is 7.09. The number of aromatic nitrogens is 3. The maximum absolute atomic E-state index is 9.33. The zero-order valence-electron chi connectivity index (χ0n) is 14.8. The van der Waals surface area contributed by atoms with E-state index in [0.717, 1.165) is 56.2 Å². The number of nitrogens with one attached hydrogen (secondary N) is 1. The Bertz CT molecular complexity index is 654. The van der Waals surface area contributed by atoms with Gasteiger partial charge >= 0.3 is 0 Å². The highest BCUT2D eigenvalue weighted by Gasteiger charge is 2.18. The van der Waals surface area contributed by atoms with E-state index in [1.165, 1.54) is 6.42 Å². The summed E-state index contributed by atoms with van der Waals surface area (Å²) in [6, 6.07) is 4.05. The number of aliphatic hydroxyl groups is 1. The molecule has 0 bridgehead atoms. The average molecular weight is 331 g/mol. The van der Waals surface area contributed by atoms with Crippen LogP contribution >= 0.6 is 0 Å². The number of fused-ring (bicyclic) bond motifs is 1. The third-order valence-electron chi connectivity index (χ3n) is 4.79. The first kappa shape index (κ1) is 17.2. The topological polar surface area (TPSA) is 65.7 Å². The van der Waals surface area contributed by atoms with Crippen LogP contribution in [0.1, 0.15) is 44.7 Å². The standard InChI is InChI=1S/C18H29N5O/c1-14(2)16-11-18(23-17(21-16)6-8-20-23)19-7-4-10-22-9-3-5-15(12-22)13-24/h6,8,11,14-15,19,24H,3-5,7,9-10,12-13H2,1-2H3/t15-/m1/s1. The fourth-order valence-electron chi connectivity index (χ4n) is 3.38. The first-order chi connectivity index (χ1) is 11.7. The summed E-state index contributed by atoms with van der Waals surface area (Å²) in [5.74, 6) is 1.87. The molecular weight excluding hydrogens is 302 g/mol. The molecule has 24 heavy (non-hydrogen) atoms. The minimum atomic E-state index is 0.320. The number of likely N-dealkylation sites (tertiary alicyclic amines) is 1. The zero-order valence-corrected chi connectivity index (χ0v) is 14.8. The van der Waals surface area contributed by atoms with Crippen molar-refractivity contribution in [1.29, 1.82) is 0 Å². The van der Waals surface area contributed by atoms with Crippen molar-refractivity contribution in [1.82, 2.24) is 19.5 Å². The predicted octanol–water partition coefficient (Wildman–Crippen LogP) is 2.36. The highest BCUT2D eigenvalue weighted by molar-refractivity contribution is 5.49. The molecule has 1 aliphatic rings. The summed E-state index contributed by atoms with van der Waals surface area (Å²) >= 11 is 0. The fourth-order valence-corrected chi connectivity index (χ4v) is 3.38. The van der Waals surface area contributed by atoms with Gasteiger partial charge in [0.05, 0.1) is 6.20 Å². The summed E-state index contributed by atoms with van der Waals surface area (Å²) in [6.07, 6.45) is 5.24. The van der Waals surface area contributed by atoms with Gasteiger partial charge in [0.2, 0.25) is 0 Å². The molecule has 2 N–H and O–H groups in total. The molecule has 6 nitrogen and oxygen atoms in total. The molecule has 0 radical (unpaired) electrons. The number of rotatable bonds is 7. The van der Waals surface area contributed by atoms with Gasteiger partial charge in [-0.05, 0) is 44.2 Å². The third kappa shape index (κ3) is 4.05. The highest BCUT2D eigenvalue weighted by Crippen LogP contribution is 2.19. The Kier molecular flexibility index (Phi) is 5.68. The maximum Gasteiger partial charge on any atom is 0.157 e. The maximum atomic E-state index is 9.33. The molecule has 1 fully saturated rings. The summed E-state index contributed by atoms with van der Waals surface area (Å²) in [6.45, 7) is 8.82. The molecule has 132 valence electrons. The number of nitrogens with zero attached hydrogens (tertiary/aromatic N) is 4. The fraction of sp³-hybridized carbons (Fsp3) is 0.667. The van der Waals surface area contributed by atoms with Gasteiger partial charge in [-0.1, -0.05) is 13.8 Å². The molecule has 0 unspecified atom stereocenters. The minimum absolute atomic E-state index is 0.320. The Morgan fingerprint density at radius 3 is 3.08 bits per heavy atom. The molecule has 0 amide bonds. The Morgan fingerprint density at radius 1 is 1.42 bits per heavy atom. The van der Waals surface area contributed by atoms with Crippen molar-refractivity contribution in [2.75, 3.05) is 38.1 Å². The summed E-state index contributed by atoms with van der Waals surface area (Å²) < 4.78 is 1.87. The number of hydrogen-bond acceptors (Lipinski definition) is 5. The molecule has 2 aromatic heterocycles. The van der Waals surface area contributed by atoms with Gasteiger partial charge in [0, 0.05) is 37.5 Å².